The Hall–Kier alpha value is -4.32. The fourth-order valence-electron chi connectivity index (χ4n) is 4.20. The van der Waals surface area contributed by atoms with Crippen LogP contribution in [0, 0.1) is 0 Å². The third-order valence-electron chi connectivity index (χ3n) is 6.35. The molecule has 39 heavy (non-hydrogen) atoms. The quantitative estimate of drug-likeness (QED) is 0.283. The summed E-state index contributed by atoms with van der Waals surface area (Å²) in [6.45, 7) is 0.330. The van der Waals surface area contributed by atoms with Crippen LogP contribution in [0.3, 0.4) is 0 Å². The molecule has 0 radical (unpaired) electrons. The first-order valence-corrected chi connectivity index (χ1v) is 12.8. The molecule has 0 saturated carbocycles. The third kappa shape index (κ3) is 8.88. The maximum Gasteiger partial charge on any atom is 0.416 e. The highest BCUT2D eigenvalue weighted by Gasteiger charge is 2.34. The molecule has 3 rings (SSSR count). The molecule has 1 aliphatic heterocycles. The smallest absolute Gasteiger partial charge is 0.416 e. The van der Waals surface area contributed by atoms with E-state index in [0.717, 1.165) is 16.0 Å². The third-order valence-corrected chi connectivity index (χ3v) is 6.35. The van der Waals surface area contributed by atoms with Gasteiger partial charge >= 0.3 is 12.1 Å². The van der Waals surface area contributed by atoms with Crippen LogP contribution < -0.4 is 11.5 Å². The van der Waals surface area contributed by atoms with Gasteiger partial charge in [0.1, 0.15) is 18.7 Å². The Bertz CT molecular complexity index is 1160. The normalized spacial score (nSPS) is 16.0. The Morgan fingerprint density at radius 1 is 1.15 bits per heavy atom. The first-order valence-electron chi connectivity index (χ1n) is 12.8. The lowest BCUT2D eigenvalue weighted by molar-refractivity contribution is -0.138. The molecular formula is C27H34N6O6. The van der Waals surface area contributed by atoms with Crippen molar-refractivity contribution in [2.24, 2.45) is 16.5 Å². The number of rotatable bonds is 11. The average Bonchev–Trinajstić information content (AvgIpc) is 3.44. The summed E-state index contributed by atoms with van der Waals surface area (Å²) in [6, 6.07) is 10.8. The Balaban J connectivity index is 1.66. The fraction of sp³-hybridized carbons (Fsp3) is 0.407. The van der Waals surface area contributed by atoms with Crippen LogP contribution in [0.15, 0.2) is 59.9 Å². The van der Waals surface area contributed by atoms with Gasteiger partial charge in [0.05, 0.1) is 0 Å². The maximum atomic E-state index is 13.1. The number of guanidine groups is 1. The highest BCUT2D eigenvalue weighted by Crippen LogP contribution is 2.20. The van der Waals surface area contributed by atoms with Crippen LogP contribution in [0.5, 0.6) is 0 Å². The van der Waals surface area contributed by atoms with E-state index < -0.39 is 36.0 Å². The van der Waals surface area contributed by atoms with Crippen LogP contribution in [0.1, 0.15) is 43.2 Å². The van der Waals surface area contributed by atoms with Crippen molar-refractivity contribution in [2.75, 3.05) is 13.1 Å². The van der Waals surface area contributed by atoms with Crippen LogP contribution in [-0.4, -0.2) is 74.9 Å². The predicted molar refractivity (Wildman–Crippen MR) is 142 cm³/mol. The summed E-state index contributed by atoms with van der Waals surface area (Å²) in [7, 11) is 0. The number of nitrogens with zero attached hydrogens (tertiary/aromatic N) is 4. The van der Waals surface area contributed by atoms with Gasteiger partial charge < -0.3 is 26.2 Å². The number of hydrogen-bond donors (Lipinski definition) is 3. The molecule has 12 nitrogen and oxygen atoms in total. The lowest BCUT2D eigenvalue weighted by Crippen LogP contribution is -2.46. The van der Waals surface area contributed by atoms with Gasteiger partial charge in [0.2, 0.25) is 11.9 Å². The lowest BCUT2D eigenvalue weighted by Gasteiger charge is -2.24. The zero-order valence-corrected chi connectivity index (χ0v) is 21.6. The van der Waals surface area contributed by atoms with Gasteiger partial charge in [-0.25, -0.2) is 9.69 Å². The second-order valence-electron chi connectivity index (χ2n) is 9.19. The monoisotopic (exact) mass is 538 g/mol. The first-order chi connectivity index (χ1) is 18.8. The molecule has 0 bridgehead atoms. The minimum atomic E-state index is -1.17. The number of ether oxygens (including phenoxy) is 1. The van der Waals surface area contributed by atoms with E-state index in [4.69, 9.17) is 21.3 Å². The molecule has 5 N–H and O–H groups in total. The van der Waals surface area contributed by atoms with Crippen molar-refractivity contribution in [3.63, 3.8) is 0 Å². The van der Waals surface area contributed by atoms with Crippen molar-refractivity contribution < 1.29 is 29.0 Å². The number of aliphatic imine (C=N–C) groups is 1. The van der Waals surface area contributed by atoms with Crippen LogP contribution in [-0.2, 0) is 32.1 Å². The van der Waals surface area contributed by atoms with Gasteiger partial charge in [-0.3, -0.25) is 19.4 Å². The summed E-state index contributed by atoms with van der Waals surface area (Å²) in [6.07, 6.45) is 4.55. The summed E-state index contributed by atoms with van der Waals surface area (Å²) in [5, 5.41) is 9.03. The fourth-order valence-corrected chi connectivity index (χ4v) is 4.20. The molecule has 0 unspecified atom stereocenters. The number of likely N-dealkylation sites (tertiary alicyclic amines) is 1. The van der Waals surface area contributed by atoms with Gasteiger partial charge in [-0.2, -0.15) is 4.99 Å². The van der Waals surface area contributed by atoms with Crippen LogP contribution in [0.4, 0.5) is 4.79 Å². The van der Waals surface area contributed by atoms with E-state index in [2.05, 4.69) is 9.98 Å². The van der Waals surface area contributed by atoms with Crippen molar-refractivity contribution in [3.05, 3.63) is 66.0 Å². The van der Waals surface area contributed by atoms with E-state index in [1.807, 2.05) is 12.1 Å². The van der Waals surface area contributed by atoms with Crippen LogP contribution in [0.2, 0.25) is 0 Å². The zero-order chi connectivity index (χ0) is 28.2. The summed E-state index contributed by atoms with van der Waals surface area (Å²) in [5.41, 5.74) is 13.3. The summed E-state index contributed by atoms with van der Waals surface area (Å²) >= 11 is 0. The summed E-state index contributed by atoms with van der Waals surface area (Å²) in [5.74, 6) is -2.37. The Kier molecular flexibility index (Phi) is 10.9. The van der Waals surface area contributed by atoms with Crippen molar-refractivity contribution in [1.82, 2.24) is 14.8 Å². The molecule has 2 heterocycles. The van der Waals surface area contributed by atoms with Crippen molar-refractivity contribution in [1.29, 1.82) is 0 Å². The molecular weight excluding hydrogens is 504 g/mol. The van der Waals surface area contributed by atoms with E-state index in [1.165, 1.54) is 4.90 Å². The number of pyridine rings is 1. The first kappa shape index (κ1) is 29.2. The molecule has 1 fully saturated rings. The molecule has 0 aliphatic carbocycles. The summed E-state index contributed by atoms with van der Waals surface area (Å²) in [4.78, 5) is 60.4. The van der Waals surface area contributed by atoms with E-state index in [0.29, 0.717) is 25.8 Å². The second-order valence-corrected chi connectivity index (χ2v) is 9.19. The Labute approximate surface area is 226 Å². The van der Waals surface area contributed by atoms with Crippen LogP contribution >= 0.6 is 0 Å². The Morgan fingerprint density at radius 3 is 2.59 bits per heavy atom. The van der Waals surface area contributed by atoms with E-state index >= 15 is 0 Å². The van der Waals surface area contributed by atoms with Gasteiger partial charge in [-0.1, -0.05) is 36.4 Å². The molecule has 1 aromatic carbocycles. The Morgan fingerprint density at radius 2 is 1.90 bits per heavy atom. The van der Waals surface area contributed by atoms with Gasteiger partial charge in [-0.15, -0.1) is 0 Å². The SMILES string of the molecule is NC(=NC(=O)[C@@H]1CCCN1C(=O)CCc1cccnc1)N(CCC[C@H](N)C(=O)O)C(=O)OCc1ccccc1. The minimum absolute atomic E-state index is 0.0339. The molecule has 3 amide bonds. The molecule has 2 aromatic rings. The second kappa shape index (κ2) is 14.6. The number of carbonyl (C=O) groups excluding carboxylic acids is 3. The molecule has 1 aliphatic rings. The molecule has 12 heteroatoms. The number of carboxylic acid groups (broad SMARTS) is 1. The molecule has 0 spiro atoms. The largest absolute Gasteiger partial charge is 0.480 e. The van der Waals surface area contributed by atoms with E-state index in [1.54, 1.807) is 42.7 Å². The zero-order valence-electron chi connectivity index (χ0n) is 21.6. The topological polar surface area (TPSA) is 182 Å². The van der Waals surface area contributed by atoms with Gasteiger partial charge in [0.25, 0.3) is 5.91 Å². The molecule has 1 aromatic heterocycles. The van der Waals surface area contributed by atoms with Crippen molar-refractivity contribution in [2.45, 2.75) is 57.2 Å². The standard InChI is InChI=1S/C27H34N6O6/c28-21(25(36)37)10-5-16-33(27(38)39-18-20-7-2-1-3-8-20)26(29)31-24(35)22-11-6-15-32(22)23(34)13-12-19-9-4-14-30-17-19/h1-4,7-9,14,17,21-22H,5-6,10-13,15-16,18,28H2,(H,36,37)(H2,29,31,35)/t21-,22-/m0/s1. The number of aromatic nitrogens is 1. The maximum absolute atomic E-state index is 13.1. The number of amides is 3. The highest BCUT2D eigenvalue weighted by atomic mass is 16.6. The van der Waals surface area contributed by atoms with Crippen molar-refractivity contribution >= 4 is 29.8 Å². The van der Waals surface area contributed by atoms with Gasteiger partial charge in [-0.05, 0) is 49.3 Å². The van der Waals surface area contributed by atoms with E-state index in [-0.39, 0.29) is 38.3 Å². The number of benzene rings is 1. The number of nitrogens with two attached hydrogens (primary N) is 2. The number of carboxylic acids is 1. The predicted octanol–water partition coefficient (Wildman–Crippen LogP) is 1.68. The number of aryl methyl sites for hydroxylation is 1. The lowest BCUT2D eigenvalue weighted by atomic mass is 10.1. The van der Waals surface area contributed by atoms with Gasteiger partial charge in [0.15, 0.2) is 0 Å². The highest BCUT2D eigenvalue weighted by molar-refractivity contribution is 6.01. The molecule has 208 valence electrons. The van der Waals surface area contributed by atoms with Crippen LogP contribution in [0.25, 0.3) is 0 Å². The average molecular weight is 539 g/mol. The number of aliphatic carboxylic acids is 1. The van der Waals surface area contributed by atoms with Gasteiger partial charge in [0, 0.05) is 31.9 Å². The van der Waals surface area contributed by atoms with E-state index in [9.17, 15) is 19.2 Å². The number of hydrogen-bond acceptors (Lipinski definition) is 7. The molecule has 2 atom stereocenters. The molecule has 1 saturated heterocycles. The minimum Gasteiger partial charge on any atom is -0.480 e. The summed E-state index contributed by atoms with van der Waals surface area (Å²) < 4.78 is 5.35. The van der Waals surface area contributed by atoms with Crippen molar-refractivity contribution in [3.8, 4) is 0 Å². The number of carbonyl (C=O) groups is 4.